The summed E-state index contributed by atoms with van der Waals surface area (Å²) < 4.78 is 34.7. The zero-order valence-electron chi connectivity index (χ0n) is 17.5. The van der Waals surface area contributed by atoms with Crippen molar-refractivity contribution in [3.63, 3.8) is 0 Å². The zero-order valence-corrected chi connectivity index (χ0v) is 18.2. The van der Waals surface area contributed by atoms with E-state index < -0.39 is 35.3 Å². The summed E-state index contributed by atoms with van der Waals surface area (Å²) in [4.78, 5) is 27.1. The van der Waals surface area contributed by atoms with Crippen molar-refractivity contribution in [3.8, 4) is 5.75 Å². The molecule has 0 bridgehead atoms. The molecule has 1 aromatic heterocycles. The minimum absolute atomic E-state index is 0.0245. The van der Waals surface area contributed by atoms with Gasteiger partial charge < -0.3 is 10.1 Å². The van der Waals surface area contributed by atoms with E-state index in [2.05, 4.69) is 15.5 Å². The zero-order chi connectivity index (χ0) is 23.5. The first kappa shape index (κ1) is 22.6. The lowest BCUT2D eigenvalue weighted by Gasteiger charge is -2.19. The number of hydrogen-bond acceptors (Lipinski definition) is 5. The van der Waals surface area contributed by atoms with Crippen molar-refractivity contribution in [2.75, 3.05) is 25.1 Å². The van der Waals surface area contributed by atoms with Gasteiger partial charge in [0.2, 0.25) is 5.91 Å². The van der Waals surface area contributed by atoms with Gasteiger partial charge in [-0.3, -0.25) is 14.5 Å². The van der Waals surface area contributed by atoms with Crippen LogP contribution in [0.2, 0.25) is 5.02 Å². The van der Waals surface area contributed by atoms with E-state index in [-0.39, 0.29) is 30.2 Å². The van der Waals surface area contributed by atoms with Gasteiger partial charge in [0.1, 0.15) is 17.4 Å². The Morgan fingerprint density at radius 3 is 2.52 bits per heavy atom. The van der Waals surface area contributed by atoms with Gasteiger partial charge in [-0.15, -0.1) is 5.10 Å². The Morgan fingerprint density at radius 1 is 1.21 bits per heavy atom. The summed E-state index contributed by atoms with van der Waals surface area (Å²) in [6.45, 7) is -0.161. The van der Waals surface area contributed by atoms with Crippen LogP contribution < -0.4 is 15.0 Å². The molecule has 0 spiro atoms. The van der Waals surface area contributed by atoms with Crippen LogP contribution in [0.1, 0.15) is 21.8 Å². The number of halogens is 3. The lowest BCUT2D eigenvalue weighted by atomic mass is 9.87. The lowest BCUT2D eigenvalue weighted by Crippen LogP contribution is -2.36. The Morgan fingerprint density at radius 2 is 1.91 bits per heavy atom. The quantitative estimate of drug-likeness (QED) is 0.592. The molecule has 0 radical (unpaired) electrons. The van der Waals surface area contributed by atoms with Crippen molar-refractivity contribution in [1.82, 2.24) is 15.5 Å². The lowest BCUT2D eigenvalue weighted by molar-refractivity contribution is -0.120. The largest absolute Gasteiger partial charge is 0.497 e. The fraction of sp³-hybridized carbons (Fsp3) is 0.217. The van der Waals surface area contributed by atoms with E-state index in [1.54, 1.807) is 36.4 Å². The molecule has 2 aromatic carbocycles. The van der Waals surface area contributed by atoms with Crippen molar-refractivity contribution in [2.24, 2.45) is 5.92 Å². The standard InChI is InChI=1S/C23H19ClF2N4O3/c1-33-15-9-18(25)21(19(26)10-15)17-12-30(20-3-2-8-28-29-20)23(32)16(17)11-27-22(31)13-4-6-14(24)7-5-13/h2-10,16-17H,11-12H2,1H3,(H,27,31)/t16?,17-/m1/s1. The maximum atomic E-state index is 14.9. The van der Waals surface area contributed by atoms with Crippen molar-refractivity contribution in [1.29, 1.82) is 0 Å². The monoisotopic (exact) mass is 472 g/mol. The summed E-state index contributed by atoms with van der Waals surface area (Å²) in [5.41, 5.74) is 0.0928. The second kappa shape index (κ2) is 9.50. The van der Waals surface area contributed by atoms with Crippen molar-refractivity contribution < 1.29 is 23.1 Å². The maximum Gasteiger partial charge on any atom is 0.251 e. The second-order valence-corrected chi connectivity index (χ2v) is 7.90. The molecule has 33 heavy (non-hydrogen) atoms. The van der Waals surface area contributed by atoms with Crippen LogP contribution in [0.15, 0.2) is 54.7 Å². The highest BCUT2D eigenvalue weighted by Gasteiger charge is 2.44. The smallest absolute Gasteiger partial charge is 0.251 e. The number of rotatable bonds is 6. The predicted octanol–water partition coefficient (Wildman–Crippen LogP) is 3.59. The summed E-state index contributed by atoms with van der Waals surface area (Å²) in [5.74, 6) is -4.06. The number of ether oxygens (including phenoxy) is 1. The molecule has 170 valence electrons. The minimum atomic E-state index is -0.930. The van der Waals surface area contributed by atoms with Crippen LogP contribution in [0.3, 0.4) is 0 Å². The number of carbonyl (C=O) groups is 2. The fourth-order valence-electron chi connectivity index (χ4n) is 3.89. The topological polar surface area (TPSA) is 84.4 Å². The molecule has 1 unspecified atom stereocenters. The molecule has 1 saturated heterocycles. The Kier molecular flexibility index (Phi) is 6.50. The number of hydrogen-bond donors (Lipinski definition) is 1. The summed E-state index contributed by atoms with van der Waals surface area (Å²) >= 11 is 5.86. The van der Waals surface area contributed by atoms with Crippen LogP contribution in [0.4, 0.5) is 14.6 Å². The number of anilines is 1. The van der Waals surface area contributed by atoms with Crippen LogP contribution in [-0.4, -0.2) is 42.2 Å². The van der Waals surface area contributed by atoms with Gasteiger partial charge in [-0.2, -0.15) is 5.10 Å². The molecule has 0 aliphatic carbocycles. The highest BCUT2D eigenvalue weighted by atomic mass is 35.5. The number of benzene rings is 2. The molecule has 2 heterocycles. The van der Waals surface area contributed by atoms with E-state index in [9.17, 15) is 18.4 Å². The molecule has 10 heteroatoms. The van der Waals surface area contributed by atoms with Crippen LogP contribution in [0, 0.1) is 17.6 Å². The fourth-order valence-corrected chi connectivity index (χ4v) is 4.02. The number of nitrogens with one attached hydrogen (secondary N) is 1. The average Bonchev–Trinajstić information content (AvgIpc) is 3.13. The highest BCUT2D eigenvalue weighted by molar-refractivity contribution is 6.30. The van der Waals surface area contributed by atoms with Crippen molar-refractivity contribution in [2.45, 2.75) is 5.92 Å². The molecule has 1 N–H and O–H groups in total. The molecule has 1 aliphatic rings. The molecule has 3 aromatic rings. The normalized spacial score (nSPS) is 17.8. The second-order valence-electron chi connectivity index (χ2n) is 7.47. The summed E-state index contributed by atoms with van der Waals surface area (Å²) in [7, 11) is 1.30. The van der Waals surface area contributed by atoms with Crippen LogP contribution >= 0.6 is 11.6 Å². The molecular formula is C23H19ClF2N4O3. The molecule has 1 aliphatic heterocycles. The third kappa shape index (κ3) is 4.63. The van der Waals surface area contributed by atoms with E-state index >= 15 is 0 Å². The molecule has 1 fully saturated rings. The van der Waals surface area contributed by atoms with E-state index in [1.807, 2.05) is 0 Å². The first-order valence-corrected chi connectivity index (χ1v) is 10.4. The number of aromatic nitrogens is 2. The summed E-state index contributed by atoms with van der Waals surface area (Å²) in [6, 6.07) is 11.5. The first-order valence-electron chi connectivity index (χ1n) is 10.0. The number of nitrogens with zero attached hydrogens (tertiary/aromatic N) is 3. The van der Waals surface area contributed by atoms with Gasteiger partial charge >= 0.3 is 0 Å². The molecule has 0 saturated carbocycles. The van der Waals surface area contributed by atoms with E-state index in [1.165, 1.54) is 18.2 Å². The van der Waals surface area contributed by atoms with Gasteiger partial charge in [0.15, 0.2) is 5.82 Å². The van der Waals surface area contributed by atoms with Gasteiger partial charge in [0.25, 0.3) is 5.91 Å². The van der Waals surface area contributed by atoms with Crippen LogP contribution in [-0.2, 0) is 4.79 Å². The number of amides is 2. The van der Waals surface area contributed by atoms with Crippen LogP contribution in [0.5, 0.6) is 5.75 Å². The Bertz CT molecular complexity index is 1160. The minimum Gasteiger partial charge on any atom is -0.497 e. The number of carbonyl (C=O) groups excluding carboxylic acids is 2. The van der Waals surface area contributed by atoms with Crippen molar-refractivity contribution >= 4 is 29.2 Å². The third-order valence-electron chi connectivity index (χ3n) is 5.53. The maximum absolute atomic E-state index is 14.9. The molecule has 7 nitrogen and oxygen atoms in total. The average molecular weight is 473 g/mol. The van der Waals surface area contributed by atoms with Gasteiger partial charge in [-0.05, 0) is 36.4 Å². The number of methoxy groups -OCH3 is 1. The predicted molar refractivity (Wildman–Crippen MR) is 117 cm³/mol. The van der Waals surface area contributed by atoms with Gasteiger partial charge in [0.05, 0.1) is 13.0 Å². The Labute approximate surface area is 193 Å². The Balaban J connectivity index is 1.64. The Hall–Kier alpha value is -3.59. The molecule has 4 rings (SSSR count). The van der Waals surface area contributed by atoms with E-state index in [4.69, 9.17) is 16.3 Å². The third-order valence-corrected chi connectivity index (χ3v) is 5.78. The van der Waals surface area contributed by atoms with E-state index in [0.29, 0.717) is 10.6 Å². The highest BCUT2D eigenvalue weighted by Crippen LogP contribution is 2.39. The van der Waals surface area contributed by atoms with Crippen molar-refractivity contribution in [3.05, 3.63) is 82.5 Å². The van der Waals surface area contributed by atoms with Crippen LogP contribution in [0.25, 0.3) is 0 Å². The first-order chi connectivity index (χ1) is 15.9. The van der Waals surface area contributed by atoms with Gasteiger partial charge in [-0.1, -0.05) is 11.6 Å². The molecular weight excluding hydrogens is 454 g/mol. The summed E-state index contributed by atoms with van der Waals surface area (Å²) in [6.07, 6.45) is 1.45. The van der Waals surface area contributed by atoms with Gasteiger partial charge in [0, 0.05) is 53.5 Å². The van der Waals surface area contributed by atoms with E-state index in [0.717, 1.165) is 12.1 Å². The van der Waals surface area contributed by atoms with Gasteiger partial charge in [-0.25, -0.2) is 8.78 Å². The SMILES string of the molecule is COc1cc(F)c([C@@H]2CN(c3cccnn3)C(=O)C2CNC(=O)c2ccc(Cl)cc2)c(F)c1. The molecule has 2 amide bonds. The molecule has 2 atom stereocenters. The summed E-state index contributed by atoms with van der Waals surface area (Å²) in [5, 5.41) is 10.9.